The van der Waals surface area contributed by atoms with Crippen molar-refractivity contribution in [3.63, 3.8) is 0 Å². The summed E-state index contributed by atoms with van der Waals surface area (Å²) in [5.41, 5.74) is 0. The number of hydrogen-bond acceptors (Lipinski definition) is 2. The average Bonchev–Trinajstić information content (AvgIpc) is 2.40. The van der Waals surface area contributed by atoms with Gasteiger partial charge in [-0.05, 0) is 42.0 Å². The second-order valence-corrected chi connectivity index (χ2v) is 6.92. The van der Waals surface area contributed by atoms with E-state index in [2.05, 4.69) is 48.9 Å². The second kappa shape index (κ2) is 9.08. The van der Waals surface area contributed by atoms with Crippen LogP contribution >= 0.6 is 15.9 Å². The molecule has 0 radical (unpaired) electrons. The minimum atomic E-state index is 0.0541. The maximum absolute atomic E-state index is 11.8. The zero-order valence-corrected chi connectivity index (χ0v) is 14.9. The van der Waals surface area contributed by atoms with E-state index in [9.17, 15) is 4.79 Å². The van der Waals surface area contributed by atoms with Crippen LogP contribution in [0.3, 0.4) is 0 Å². The molecule has 3 nitrogen and oxygen atoms in total. The van der Waals surface area contributed by atoms with Gasteiger partial charge in [0.1, 0.15) is 5.75 Å². The van der Waals surface area contributed by atoms with E-state index in [1.807, 2.05) is 24.3 Å². The van der Waals surface area contributed by atoms with Gasteiger partial charge in [-0.1, -0.05) is 43.6 Å². The molecule has 0 aliphatic rings. The molecule has 0 aromatic heterocycles. The quantitative estimate of drug-likeness (QED) is 0.756. The van der Waals surface area contributed by atoms with Crippen LogP contribution in [-0.2, 0) is 4.79 Å². The maximum atomic E-state index is 11.8. The molecule has 21 heavy (non-hydrogen) atoms. The SMILES string of the molecule is CC(C)C(CNC(=O)CCOc1ccc(Br)cc1)C(C)C. The van der Waals surface area contributed by atoms with E-state index >= 15 is 0 Å². The number of nitrogens with one attached hydrogen (secondary N) is 1. The number of rotatable bonds is 8. The molecule has 0 bridgehead atoms. The van der Waals surface area contributed by atoms with Gasteiger partial charge in [-0.2, -0.15) is 0 Å². The topological polar surface area (TPSA) is 38.3 Å². The zero-order valence-electron chi connectivity index (χ0n) is 13.4. The summed E-state index contributed by atoms with van der Waals surface area (Å²) in [5, 5.41) is 3.01. The van der Waals surface area contributed by atoms with Crippen LogP contribution in [0.25, 0.3) is 0 Å². The Labute approximate surface area is 136 Å². The number of benzene rings is 1. The molecule has 1 N–H and O–H groups in total. The van der Waals surface area contributed by atoms with Crippen LogP contribution in [-0.4, -0.2) is 19.1 Å². The van der Waals surface area contributed by atoms with Crippen LogP contribution in [0.15, 0.2) is 28.7 Å². The molecule has 0 saturated carbocycles. The Kier molecular flexibility index (Phi) is 7.79. The van der Waals surface area contributed by atoms with Crippen molar-refractivity contribution < 1.29 is 9.53 Å². The molecule has 1 aromatic rings. The first-order valence-electron chi connectivity index (χ1n) is 7.55. The zero-order chi connectivity index (χ0) is 15.8. The molecular weight excluding hydrogens is 330 g/mol. The van der Waals surface area contributed by atoms with Gasteiger partial charge in [-0.15, -0.1) is 0 Å². The molecule has 0 spiro atoms. The third-order valence-electron chi connectivity index (χ3n) is 3.66. The van der Waals surface area contributed by atoms with E-state index in [0.29, 0.717) is 30.8 Å². The molecule has 1 amide bonds. The van der Waals surface area contributed by atoms with Gasteiger partial charge in [0.25, 0.3) is 0 Å². The van der Waals surface area contributed by atoms with Crippen molar-refractivity contribution >= 4 is 21.8 Å². The first-order chi connectivity index (χ1) is 9.90. The molecular formula is C17H26BrNO2. The fourth-order valence-electron chi connectivity index (χ4n) is 2.35. The number of hydrogen-bond donors (Lipinski definition) is 1. The Morgan fingerprint density at radius 1 is 1.14 bits per heavy atom. The third-order valence-corrected chi connectivity index (χ3v) is 4.19. The molecule has 0 heterocycles. The Hall–Kier alpha value is -1.03. The summed E-state index contributed by atoms with van der Waals surface area (Å²) in [6.07, 6.45) is 0.388. The van der Waals surface area contributed by atoms with Crippen molar-refractivity contribution in [2.45, 2.75) is 34.1 Å². The van der Waals surface area contributed by atoms with Gasteiger partial charge >= 0.3 is 0 Å². The van der Waals surface area contributed by atoms with E-state index in [0.717, 1.165) is 16.8 Å². The van der Waals surface area contributed by atoms with Gasteiger partial charge < -0.3 is 10.1 Å². The summed E-state index contributed by atoms with van der Waals surface area (Å²) in [6.45, 7) is 9.95. The molecule has 1 aromatic carbocycles. The second-order valence-electron chi connectivity index (χ2n) is 6.01. The number of amides is 1. The van der Waals surface area contributed by atoms with Crippen molar-refractivity contribution in [2.24, 2.45) is 17.8 Å². The number of halogens is 1. The molecule has 0 aliphatic carbocycles. The summed E-state index contributed by atoms with van der Waals surface area (Å²) in [4.78, 5) is 11.8. The van der Waals surface area contributed by atoms with Gasteiger partial charge in [-0.25, -0.2) is 0 Å². The lowest BCUT2D eigenvalue weighted by Crippen LogP contribution is -2.34. The number of carbonyl (C=O) groups is 1. The lowest BCUT2D eigenvalue weighted by Gasteiger charge is -2.25. The van der Waals surface area contributed by atoms with E-state index < -0.39 is 0 Å². The van der Waals surface area contributed by atoms with Crippen LogP contribution in [0.5, 0.6) is 5.75 Å². The average molecular weight is 356 g/mol. The van der Waals surface area contributed by atoms with Crippen molar-refractivity contribution in [1.29, 1.82) is 0 Å². The van der Waals surface area contributed by atoms with Crippen molar-refractivity contribution in [3.05, 3.63) is 28.7 Å². The van der Waals surface area contributed by atoms with Gasteiger partial charge in [-0.3, -0.25) is 4.79 Å². The molecule has 0 unspecified atom stereocenters. The Morgan fingerprint density at radius 2 is 1.71 bits per heavy atom. The number of ether oxygens (including phenoxy) is 1. The lowest BCUT2D eigenvalue weighted by atomic mass is 9.85. The van der Waals surface area contributed by atoms with Gasteiger partial charge in [0.15, 0.2) is 0 Å². The molecule has 118 valence electrons. The minimum absolute atomic E-state index is 0.0541. The van der Waals surface area contributed by atoms with E-state index in [1.165, 1.54) is 0 Å². The highest BCUT2D eigenvalue weighted by Crippen LogP contribution is 2.19. The third kappa shape index (κ3) is 6.98. The molecule has 0 aliphatic heterocycles. The molecule has 0 atom stereocenters. The molecule has 4 heteroatoms. The van der Waals surface area contributed by atoms with Gasteiger partial charge in [0.2, 0.25) is 5.91 Å². The number of carbonyl (C=O) groups excluding carboxylic acids is 1. The van der Waals surface area contributed by atoms with Crippen LogP contribution in [0.2, 0.25) is 0 Å². The summed E-state index contributed by atoms with van der Waals surface area (Å²) in [7, 11) is 0. The molecule has 0 fully saturated rings. The monoisotopic (exact) mass is 355 g/mol. The summed E-state index contributed by atoms with van der Waals surface area (Å²) < 4.78 is 6.57. The highest BCUT2D eigenvalue weighted by atomic mass is 79.9. The van der Waals surface area contributed by atoms with E-state index in [-0.39, 0.29) is 5.91 Å². The van der Waals surface area contributed by atoms with Gasteiger partial charge in [0, 0.05) is 11.0 Å². The van der Waals surface area contributed by atoms with Crippen LogP contribution in [0.1, 0.15) is 34.1 Å². The first-order valence-corrected chi connectivity index (χ1v) is 8.34. The van der Waals surface area contributed by atoms with Crippen LogP contribution in [0, 0.1) is 17.8 Å². The predicted molar refractivity (Wildman–Crippen MR) is 90.4 cm³/mol. The fourth-order valence-corrected chi connectivity index (χ4v) is 2.62. The van der Waals surface area contributed by atoms with Crippen molar-refractivity contribution in [1.82, 2.24) is 5.32 Å². The van der Waals surface area contributed by atoms with Gasteiger partial charge in [0.05, 0.1) is 13.0 Å². The normalized spacial score (nSPS) is 11.2. The Morgan fingerprint density at radius 3 is 2.24 bits per heavy atom. The summed E-state index contributed by atoms with van der Waals surface area (Å²) in [6, 6.07) is 7.61. The van der Waals surface area contributed by atoms with Crippen molar-refractivity contribution in [3.8, 4) is 5.75 Å². The molecule has 1 rings (SSSR count). The molecule has 0 saturated heterocycles. The van der Waals surface area contributed by atoms with Crippen LogP contribution < -0.4 is 10.1 Å². The first kappa shape index (κ1) is 18.0. The predicted octanol–water partition coefficient (Wildman–Crippen LogP) is 4.26. The smallest absolute Gasteiger partial charge is 0.223 e. The Balaban J connectivity index is 2.26. The highest BCUT2D eigenvalue weighted by molar-refractivity contribution is 9.10. The maximum Gasteiger partial charge on any atom is 0.223 e. The summed E-state index contributed by atoms with van der Waals surface area (Å²) >= 11 is 3.37. The van der Waals surface area contributed by atoms with Crippen LogP contribution in [0.4, 0.5) is 0 Å². The minimum Gasteiger partial charge on any atom is -0.493 e. The highest BCUT2D eigenvalue weighted by Gasteiger charge is 2.18. The standard InChI is InChI=1S/C17H26BrNO2/c1-12(2)16(13(3)4)11-19-17(20)9-10-21-15-7-5-14(18)6-8-15/h5-8,12-13,16H,9-11H2,1-4H3,(H,19,20). The van der Waals surface area contributed by atoms with E-state index in [1.54, 1.807) is 0 Å². The largest absolute Gasteiger partial charge is 0.493 e. The lowest BCUT2D eigenvalue weighted by molar-refractivity contribution is -0.121. The van der Waals surface area contributed by atoms with Crippen molar-refractivity contribution in [2.75, 3.05) is 13.2 Å². The fraction of sp³-hybridized carbons (Fsp3) is 0.588. The summed E-state index contributed by atoms with van der Waals surface area (Å²) in [5.74, 6) is 2.50. The van der Waals surface area contributed by atoms with E-state index in [4.69, 9.17) is 4.74 Å². The Bertz CT molecular complexity index is 421.